The minimum absolute atomic E-state index is 0.198. The fourth-order valence-corrected chi connectivity index (χ4v) is 1.67. The van der Waals surface area contributed by atoms with E-state index in [1.165, 1.54) is 12.1 Å². The van der Waals surface area contributed by atoms with Gasteiger partial charge in [0.1, 0.15) is 5.82 Å². The third-order valence-corrected chi connectivity index (χ3v) is 2.50. The van der Waals surface area contributed by atoms with Crippen LogP contribution in [-0.2, 0) is 13.1 Å². The smallest absolute Gasteiger partial charge is 0.123 e. The van der Waals surface area contributed by atoms with Gasteiger partial charge in [0.05, 0.1) is 0 Å². The Bertz CT molecular complexity index is 480. The van der Waals surface area contributed by atoms with Crippen molar-refractivity contribution < 1.29 is 4.39 Å². The lowest BCUT2D eigenvalue weighted by Crippen LogP contribution is -2.12. The summed E-state index contributed by atoms with van der Waals surface area (Å²) in [5.74, 6) is -0.198. The van der Waals surface area contributed by atoms with Crippen molar-refractivity contribution in [2.45, 2.75) is 20.0 Å². The average molecular weight is 230 g/mol. The van der Waals surface area contributed by atoms with Crippen LogP contribution in [0.4, 0.5) is 4.39 Å². The Labute approximate surface area is 101 Å². The van der Waals surface area contributed by atoms with E-state index in [1.54, 1.807) is 12.1 Å². The summed E-state index contributed by atoms with van der Waals surface area (Å²) in [5, 5.41) is 3.30. The number of hydrogen-bond donors (Lipinski definition) is 1. The zero-order valence-electron chi connectivity index (χ0n) is 9.78. The summed E-state index contributed by atoms with van der Waals surface area (Å²) in [4.78, 5) is 4.13. The summed E-state index contributed by atoms with van der Waals surface area (Å²) in [6, 6.07) is 8.63. The molecular weight excluding hydrogens is 215 g/mol. The molecule has 2 nitrogen and oxygen atoms in total. The van der Waals surface area contributed by atoms with E-state index in [0.29, 0.717) is 0 Å². The maximum Gasteiger partial charge on any atom is 0.123 e. The van der Waals surface area contributed by atoms with Crippen molar-refractivity contribution in [3.63, 3.8) is 0 Å². The van der Waals surface area contributed by atoms with Gasteiger partial charge in [0.15, 0.2) is 0 Å². The van der Waals surface area contributed by atoms with E-state index >= 15 is 0 Å². The lowest BCUT2D eigenvalue weighted by Gasteiger charge is -2.05. The molecule has 2 aromatic rings. The van der Waals surface area contributed by atoms with Crippen LogP contribution in [0.5, 0.6) is 0 Å². The Morgan fingerprint density at radius 3 is 2.47 bits per heavy atom. The molecule has 3 heteroatoms. The Balaban J connectivity index is 1.85. The molecule has 1 heterocycles. The molecule has 0 saturated carbocycles. The van der Waals surface area contributed by atoms with Crippen molar-refractivity contribution in [2.24, 2.45) is 0 Å². The van der Waals surface area contributed by atoms with Gasteiger partial charge in [-0.15, -0.1) is 0 Å². The van der Waals surface area contributed by atoms with Crippen molar-refractivity contribution in [3.05, 3.63) is 65.2 Å². The lowest BCUT2D eigenvalue weighted by molar-refractivity contribution is 0.625. The second-order valence-electron chi connectivity index (χ2n) is 4.10. The van der Waals surface area contributed by atoms with Gasteiger partial charge < -0.3 is 5.32 Å². The summed E-state index contributed by atoms with van der Waals surface area (Å²) in [5.41, 5.74) is 3.39. The Kier molecular flexibility index (Phi) is 3.83. The SMILES string of the molecule is Cc1cncc(CNCc2ccc(F)cc2)c1. The zero-order valence-corrected chi connectivity index (χ0v) is 9.78. The predicted octanol–water partition coefficient (Wildman–Crippen LogP) is 2.82. The van der Waals surface area contributed by atoms with E-state index in [1.807, 2.05) is 19.3 Å². The molecular formula is C14H15FN2. The van der Waals surface area contributed by atoms with Crippen LogP contribution in [0.3, 0.4) is 0 Å². The van der Waals surface area contributed by atoms with E-state index in [-0.39, 0.29) is 5.82 Å². The van der Waals surface area contributed by atoms with Gasteiger partial charge >= 0.3 is 0 Å². The monoisotopic (exact) mass is 230 g/mol. The van der Waals surface area contributed by atoms with E-state index in [9.17, 15) is 4.39 Å². The lowest BCUT2D eigenvalue weighted by atomic mass is 10.2. The number of nitrogens with one attached hydrogen (secondary N) is 1. The first kappa shape index (κ1) is 11.7. The van der Waals surface area contributed by atoms with Crippen LogP contribution < -0.4 is 5.32 Å². The molecule has 0 saturated heterocycles. The Morgan fingerprint density at radius 1 is 1.06 bits per heavy atom. The van der Waals surface area contributed by atoms with Gasteiger partial charge in [-0.05, 0) is 35.7 Å². The van der Waals surface area contributed by atoms with E-state index in [0.717, 1.165) is 29.8 Å². The van der Waals surface area contributed by atoms with Crippen LogP contribution in [0.1, 0.15) is 16.7 Å². The molecule has 0 aliphatic heterocycles. The topological polar surface area (TPSA) is 24.9 Å². The largest absolute Gasteiger partial charge is 0.309 e. The van der Waals surface area contributed by atoms with Crippen molar-refractivity contribution in [1.29, 1.82) is 0 Å². The summed E-state index contributed by atoms with van der Waals surface area (Å²) in [6.07, 6.45) is 3.69. The molecule has 0 bridgehead atoms. The van der Waals surface area contributed by atoms with Crippen molar-refractivity contribution in [1.82, 2.24) is 10.3 Å². The summed E-state index contributed by atoms with van der Waals surface area (Å²) in [7, 11) is 0. The number of aromatic nitrogens is 1. The maximum atomic E-state index is 12.7. The minimum atomic E-state index is -0.198. The van der Waals surface area contributed by atoms with Gasteiger partial charge in [0, 0.05) is 25.5 Å². The molecule has 0 fully saturated rings. The third kappa shape index (κ3) is 3.64. The zero-order chi connectivity index (χ0) is 12.1. The fourth-order valence-electron chi connectivity index (χ4n) is 1.67. The quantitative estimate of drug-likeness (QED) is 0.873. The van der Waals surface area contributed by atoms with Crippen LogP contribution in [0.2, 0.25) is 0 Å². The van der Waals surface area contributed by atoms with Crippen LogP contribution in [0, 0.1) is 12.7 Å². The highest BCUT2D eigenvalue weighted by Gasteiger charge is 1.96. The predicted molar refractivity (Wildman–Crippen MR) is 65.9 cm³/mol. The molecule has 0 unspecified atom stereocenters. The first-order valence-electron chi connectivity index (χ1n) is 5.60. The van der Waals surface area contributed by atoms with E-state index in [4.69, 9.17) is 0 Å². The molecule has 88 valence electrons. The van der Waals surface area contributed by atoms with Gasteiger partial charge in [0.2, 0.25) is 0 Å². The molecule has 17 heavy (non-hydrogen) atoms. The minimum Gasteiger partial charge on any atom is -0.309 e. The molecule has 2 rings (SSSR count). The molecule has 1 N–H and O–H groups in total. The number of hydrogen-bond acceptors (Lipinski definition) is 2. The normalized spacial score (nSPS) is 10.5. The summed E-state index contributed by atoms with van der Waals surface area (Å²) >= 11 is 0. The molecule has 0 radical (unpaired) electrons. The first-order valence-corrected chi connectivity index (χ1v) is 5.60. The molecule has 0 atom stereocenters. The van der Waals surface area contributed by atoms with Crippen molar-refractivity contribution in [3.8, 4) is 0 Å². The number of halogens is 1. The maximum absolute atomic E-state index is 12.7. The summed E-state index contributed by atoms with van der Waals surface area (Å²) < 4.78 is 12.7. The highest BCUT2D eigenvalue weighted by molar-refractivity contribution is 5.18. The molecule has 0 amide bonds. The van der Waals surface area contributed by atoms with Crippen molar-refractivity contribution in [2.75, 3.05) is 0 Å². The Morgan fingerprint density at radius 2 is 1.76 bits per heavy atom. The fraction of sp³-hybridized carbons (Fsp3) is 0.214. The molecule has 1 aromatic heterocycles. The molecule has 1 aromatic carbocycles. The second kappa shape index (κ2) is 5.55. The van der Waals surface area contributed by atoms with Crippen LogP contribution in [-0.4, -0.2) is 4.98 Å². The Hall–Kier alpha value is -1.74. The highest BCUT2D eigenvalue weighted by Crippen LogP contribution is 2.04. The summed E-state index contributed by atoms with van der Waals surface area (Å²) in [6.45, 7) is 3.52. The number of nitrogens with zero attached hydrogens (tertiary/aromatic N) is 1. The second-order valence-corrected chi connectivity index (χ2v) is 4.10. The number of rotatable bonds is 4. The van der Waals surface area contributed by atoms with Crippen molar-refractivity contribution >= 4 is 0 Å². The number of aryl methyl sites for hydroxylation is 1. The molecule has 0 aliphatic rings. The van der Waals surface area contributed by atoms with Gasteiger partial charge in [-0.2, -0.15) is 0 Å². The molecule has 0 spiro atoms. The van der Waals surface area contributed by atoms with Gasteiger partial charge in [-0.25, -0.2) is 4.39 Å². The third-order valence-electron chi connectivity index (χ3n) is 2.50. The first-order chi connectivity index (χ1) is 8.24. The standard InChI is InChI=1S/C14H15FN2/c1-11-6-13(9-16-7-11)10-17-8-12-2-4-14(15)5-3-12/h2-7,9,17H,8,10H2,1H3. The van der Waals surface area contributed by atoms with Crippen LogP contribution in [0.15, 0.2) is 42.7 Å². The average Bonchev–Trinajstić information content (AvgIpc) is 2.32. The van der Waals surface area contributed by atoms with Crippen LogP contribution >= 0.6 is 0 Å². The number of pyridine rings is 1. The van der Waals surface area contributed by atoms with E-state index < -0.39 is 0 Å². The van der Waals surface area contributed by atoms with E-state index in [2.05, 4.69) is 16.4 Å². The van der Waals surface area contributed by atoms with Crippen LogP contribution in [0.25, 0.3) is 0 Å². The highest BCUT2D eigenvalue weighted by atomic mass is 19.1. The number of benzene rings is 1. The van der Waals surface area contributed by atoms with Gasteiger partial charge in [-0.3, -0.25) is 4.98 Å². The van der Waals surface area contributed by atoms with Gasteiger partial charge in [-0.1, -0.05) is 18.2 Å². The molecule has 0 aliphatic carbocycles. The van der Waals surface area contributed by atoms with Gasteiger partial charge in [0.25, 0.3) is 0 Å².